The Morgan fingerprint density at radius 3 is 2.66 bits per heavy atom. The molecule has 0 aliphatic carbocycles. The molecule has 4 heterocycles. The van der Waals surface area contributed by atoms with E-state index in [0.29, 0.717) is 11.9 Å². The van der Waals surface area contributed by atoms with Crippen LogP contribution >= 0.6 is 11.3 Å². The lowest BCUT2D eigenvalue weighted by atomic mass is 10.1. The molecule has 0 unspecified atom stereocenters. The molecular formula is C21H20N6OS. The van der Waals surface area contributed by atoms with Gasteiger partial charge in [-0.2, -0.15) is 0 Å². The summed E-state index contributed by atoms with van der Waals surface area (Å²) in [7, 11) is 0. The molecule has 7 nitrogen and oxygen atoms in total. The lowest BCUT2D eigenvalue weighted by Gasteiger charge is -2.34. The highest BCUT2D eigenvalue weighted by molar-refractivity contribution is 7.17. The Morgan fingerprint density at radius 2 is 1.90 bits per heavy atom. The molecule has 1 saturated heterocycles. The van der Waals surface area contributed by atoms with Crippen LogP contribution in [0.2, 0.25) is 0 Å². The van der Waals surface area contributed by atoms with E-state index in [1.165, 1.54) is 11.3 Å². The van der Waals surface area contributed by atoms with Gasteiger partial charge in [-0.25, -0.2) is 9.97 Å². The van der Waals surface area contributed by atoms with Gasteiger partial charge in [-0.15, -0.1) is 11.3 Å². The second kappa shape index (κ2) is 7.73. The second-order valence-electron chi connectivity index (χ2n) is 7.03. The van der Waals surface area contributed by atoms with Crippen LogP contribution < -0.4 is 10.5 Å². The van der Waals surface area contributed by atoms with Gasteiger partial charge in [0.05, 0.1) is 18.1 Å². The molecule has 0 radical (unpaired) electrons. The van der Waals surface area contributed by atoms with Crippen LogP contribution in [0.4, 0.5) is 5.82 Å². The largest absolute Gasteiger partial charge is 0.353 e. The summed E-state index contributed by atoms with van der Waals surface area (Å²) in [5.41, 5.74) is 1.92. The number of nitrogens with one attached hydrogen (secondary N) is 1. The highest BCUT2D eigenvalue weighted by atomic mass is 32.1. The summed E-state index contributed by atoms with van der Waals surface area (Å²) < 4.78 is 0. The summed E-state index contributed by atoms with van der Waals surface area (Å²) >= 11 is 1.52. The average molecular weight is 404 g/mol. The molecule has 29 heavy (non-hydrogen) atoms. The molecule has 1 N–H and O–H groups in total. The zero-order chi connectivity index (χ0) is 19.6. The molecule has 146 valence electrons. The van der Waals surface area contributed by atoms with Crippen molar-refractivity contribution in [3.05, 3.63) is 70.5 Å². The Morgan fingerprint density at radius 1 is 1.07 bits per heavy atom. The molecule has 0 spiro atoms. The van der Waals surface area contributed by atoms with E-state index in [0.717, 1.165) is 53.8 Å². The van der Waals surface area contributed by atoms with Crippen LogP contribution in [0.5, 0.6) is 0 Å². The number of thiophene rings is 1. The molecule has 8 heteroatoms. The van der Waals surface area contributed by atoms with Crippen LogP contribution in [0, 0.1) is 0 Å². The summed E-state index contributed by atoms with van der Waals surface area (Å²) in [5.74, 6) is 1.63. The van der Waals surface area contributed by atoms with Crippen LogP contribution in [-0.2, 0) is 6.54 Å². The van der Waals surface area contributed by atoms with Crippen LogP contribution in [0.1, 0.15) is 5.82 Å². The molecule has 1 aliphatic rings. The van der Waals surface area contributed by atoms with Gasteiger partial charge in [0, 0.05) is 49.5 Å². The molecule has 3 aromatic heterocycles. The van der Waals surface area contributed by atoms with Crippen molar-refractivity contribution in [2.24, 2.45) is 0 Å². The lowest BCUT2D eigenvalue weighted by Crippen LogP contribution is -2.46. The fourth-order valence-electron chi connectivity index (χ4n) is 3.70. The van der Waals surface area contributed by atoms with Crippen molar-refractivity contribution in [3.8, 4) is 11.1 Å². The Bertz CT molecular complexity index is 1170. The number of nitrogens with zero attached hydrogens (tertiary/aromatic N) is 5. The number of anilines is 1. The minimum atomic E-state index is -0.0664. The van der Waals surface area contributed by atoms with Gasteiger partial charge in [0.2, 0.25) is 0 Å². The van der Waals surface area contributed by atoms with Crippen molar-refractivity contribution in [1.29, 1.82) is 0 Å². The molecule has 0 saturated carbocycles. The summed E-state index contributed by atoms with van der Waals surface area (Å²) in [6, 6.07) is 9.98. The van der Waals surface area contributed by atoms with E-state index in [1.54, 1.807) is 18.6 Å². The molecule has 1 aromatic carbocycles. The lowest BCUT2D eigenvalue weighted by molar-refractivity contribution is 0.243. The smallest absolute Gasteiger partial charge is 0.260 e. The van der Waals surface area contributed by atoms with Crippen molar-refractivity contribution in [2.45, 2.75) is 6.54 Å². The molecule has 0 atom stereocenters. The van der Waals surface area contributed by atoms with Crippen molar-refractivity contribution in [2.75, 3.05) is 31.1 Å². The zero-order valence-electron chi connectivity index (χ0n) is 15.8. The Hall–Kier alpha value is -3.10. The highest BCUT2D eigenvalue weighted by Crippen LogP contribution is 2.30. The molecule has 0 bridgehead atoms. The number of H-pyrrole nitrogens is 1. The van der Waals surface area contributed by atoms with Crippen molar-refractivity contribution in [3.63, 3.8) is 0 Å². The number of benzene rings is 1. The number of fused-ring (bicyclic) bond motifs is 1. The first-order valence-corrected chi connectivity index (χ1v) is 10.4. The van der Waals surface area contributed by atoms with Gasteiger partial charge in [0.25, 0.3) is 5.56 Å². The van der Waals surface area contributed by atoms with Gasteiger partial charge in [0.1, 0.15) is 16.5 Å². The van der Waals surface area contributed by atoms with E-state index in [2.05, 4.69) is 24.8 Å². The third-order valence-corrected chi connectivity index (χ3v) is 6.07. The topological polar surface area (TPSA) is 78.0 Å². The van der Waals surface area contributed by atoms with Crippen molar-refractivity contribution >= 4 is 27.4 Å². The summed E-state index contributed by atoms with van der Waals surface area (Å²) in [5, 5.41) is 2.70. The van der Waals surface area contributed by atoms with E-state index >= 15 is 0 Å². The normalized spacial score (nSPS) is 15.1. The van der Waals surface area contributed by atoms with Crippen LogP contribution in [0.3, 0.4) is 0 Å². The standard InChI is InChI=1S/C21H20N6OS/c28-20-19-16(15-4-2-1-3-5-15)14-29-21(19)25-17(24-20)13-26-8-10-27(11-9-26)18-12-22-6-7-23-18/h1-7,12,14H,8-11,13H2,(H,24,25,28). The predicted octanol–water partition coefficient (Wildman–Crippen LogP) is 2.76. The fraction of sp³-hybridized carbons (Fsp3) is 0.238. The summed E-state index contributed by atoms with van der Waals surface area (Å²) in [6.07, 6.45) is 5.20. The zero-order valence-corrected chi connectivity index (χ0v) is 16.6. The first-order chi connectivity index (χ1) is 14.3. The fourth-order valence-corrected chi connectivity index (χ4v) is 4.67. The Labute approximate surface area is 171 Å². The van der Waals surface area contributed by atoms with E-state index in [4.69, 9.17) is 4.98 Å². The monoisotopic (exact) mass is 404 g/mol. The number of hydrogen-bond acceptors (Lipinski definition) is 7. The molecule has 1 fully saturated rings. The molecule has 0 amide bonds. The minimum absolute atomic E-state index is 0.0664. The molecule has 5 rings (SSSR count). The Kier molecular flexibility index (Phi) is 4.79. The molecule has 1 aliphatic heterocycles. The first-order valence-electron chi connectivity index (χ1n) is 9.57. The van der Waals surface area contributed by atoms with Gasteiger partial charge in [-0.05, 0) is 5.56 Å². The Balaban J connectivity index is 1.33. The number of aromatic nitrogens is 4. The van der Waals surface area contributed by atoms with Crippen LogP contribution in [0.15, 0.2) is 59.1 Å². The third kappa shape index (κ3) is 3.64. The first kappa shape index (κ1) is 18.0. The van der Waals surface area contributed by atoms with E-state index in [9.17, 15) is 4.79 Å². The van der Waals surface area contributed by atoms with Gasteiger partial charge in [-0.1, -0.05) is 30.3 Å². The quantitative estimate of drug-likeness (QED) is 0.564. The predicted molar refractivity (Wildman–Crippen MR) is 115 cm³/mol. The van der Waals surface area contributed by atoms with Crippen LogP contribution in [0.25, 0.3) is 21.3 Å². The van der Waals surface area contributed by atoms with Crippen molar-refractivity contribution in [1.82, 2.24) is 24.8 Å². The maximum Gasteiger partial charge on any atom is 0.260 e. The van der Waals surface area contributed by atoms with Gasteiger partial charge < -0.3 is 9.88 Å². The van der Waals surface area contributed by atoms with Gasteiger partial charge in [0.15, 0.2) is 0 Å². The summed E-state index contributed by atoms with van der Waals surface area (Å²) in [6.45, 7) is 4.17. The molecule has 4 aromatic rings. The minimum Gasteiger partial charge on any atom is -0.353 e. The number of piperazine rings is 1. The van der Waals surface area contributed by atoms with Gasteiger partial charge in [-0.3, -0.25) is 14.7 Å². The van der Waals surface area contributed by atoms with E-state index in [1.807, 2.05) is 35.7 Å². The van der Waals surface area contributed by atoms with Crippen molar-refractivity contribution < 1.29 is 0 Å². The van der Waals surface area contributed by atoms with Gasteiger partial charge >= 0.3 is 0 Å². The molecular weight excluding hydrogens is 384 g/mol. The second-order valence-corrected chi connectivity index (χ2v) is 7.89. The average Bonchev–Trinajstić information content (AvgIpc) is 3.20. The number of rotatable bonds is 4. The maximum absolute atomic E-state index is 12.8. The summed E-state index contributed by atoms with van der Waals surface area (Å²) in [4.78, 5) is 34.4. The third-order valence-electron chi connectivity index (χ3n) is 5.20. The maximum atomic E-state index is 12.8. The van der Waals surface area contributed by atoms with E-state index in [-0.39, 0.29) is 5.56 Å². The van der Waals surface area contributed by atoms with Crippen LogP contribution in [-0.4, -0.2) is 51.0 Å². The number of hydrogen-bond donors (Lipinski definition) is 1. The SMILES string of the molecule is O=c1[nH]c(CN2CCN(c3cnccn3)CC2)nc2scc(-c3ccccc3)c12. The highest BCUT2D eigenvalue weighted by Gasteiger charge is 2.20. The van der Waals surface area contributed by atoms with E-state index < -0.39 is 0 Å². The number of aromatic amines is 1.